The number of Topliss-reactive ketones (excluding diaryl/α,β-unsaturated/α-hetero) is 1. The summed E-state index contributed by atoms with van der Waals surface area (Å²) in [4.78, 5) is 18.2. The van der Waals surface area contributed by atoms with Crippen molar-refractivity contribution in [1.29, 1.82) is 0 Å². The van der Waals surface area contributed by atoms with Crippen molar-refractivity contribution in [3.8, 4) is 34.5 Å². The van der Waals surface area contributed by atoms with Crippen LogP contribution >= 0.6 is 0 Å². The SMILES string of the molecule is COc1c2c(cc3c1[C@@H](CC(=O)C[C@@H]1c4c(cc5c(c4OC)OCO5)CCN1C)N(C)CC3)OCO2. The average Bonchev–Trinajstić information content (AvgIpc) is 3.54. The molecule has 4 aliphatic rings. The second-order valence-corrected chi connectivity index (χ2v) is 9.87. The van der Waals surface area contributed by atoms with Crippen LogP contribution in [0.5, 0.6) is 34.5 Å². The summed E-state index contributed by atoms with van der Waals surface area (Å²) in [6.45, 7) is 2.08. The Balaban J connectivity index is 1.31. The van der Waals surface area contributed by atoms with Crippen LogP contribution in [0.2, 0.25) is 0 Å². The zero-order chi connectivity index (χ0) is 25.0. The van der Waals surface area contributed by atoms with Crippen molar-refractivity contribution in [2.75, 3.05) is 55.0 Å². The Hall–Kier alpha value is -3.17. The molecule has 0 bridgehead atoms. The first-order valence-electron chi connectivity index (χ1n) is 12.4. The van der Waals surface area contributed by atoms with Gasteiger partial charge in [0.2, 0.25) is 25.1 Å². The Labute approximate surface area is 210 Å². The number of nitrogens with zero attached hydrogens (tertiary/aromatic N) is 2. The third kappa shape index (κ3) is 3.64. The molecule has 0 aliphatic carbocycles. The van der Waals surface area contributed by atoms with Crippen molar-refractivity contribution in [2.45, 2.75) is 37.8 Å². The monoisotopic (exact) mass is 496 g/mol. The smallest absolute Gasteiger partial charge is 0.231 e. The number of ketones is 1. The van der Waals surface area contributed by atoms with Gasteiger partial charge < -0.3 is 28.4 Å². The van der Waals surface area contributed by atoms with Crippen molar-refractivity contribution in [2.24, 2.45) is 0 Å². The van der Waals surface area contributed by atoms with E-state index in [4.69, 9.17) is 28.4 Å². The lowest BCUT2D eigenvalue weighted by Gasteiger charge is -2.37. The summed E-state index contributed by atoms with van der Waals surface area (Å²) in [6.07, 6.45) is 2.50. The number of carbonyl (C=O) groups excluding carboxylic acids is 1. The van der Waals surface area contributed by atoms with Crippen molar-refractivity contribution >= 4 is 5.78 Å². The van der Waals surface area contributed by atoms with E-state index < -0.39 is 0 Å². The number of benzene rings is 2. The highest BCUT2D eigenvalue weighted by Crippen LogP contribution is 2.52. The highest BCUT2D eigenvalue weighted by Gasteiger charge is 2.38. The molecule has 36 heavy (non-hydrogen) atoms. The van der Waals surface area contributed by atoms with Crippen LogP contribution in [0.3, 0.4) is 0 Å². The third-order valence-electron chi connectivity index (χ3n) is 7.94. The van der Waals surface area contributed by atoms with E-state index in [2.05, 4.69) is 23.9 Å². The summed E-state index contributed by atoms with van der Waals surface area (Å²) < 4.78 is 34.3. The molecule has 192 valence electrons. The van der Waals surface area contributed by atoms with Crippen LogP contribution in [0.15, 0.2) is 12.1 Å². The van der Waals surface area contributed by atoms with Gasteiger partial charge >= 0.3 is 0 Å². The topological polar surface area (TPSA) is 78.9 Å². The minimum Gasteiger partial charge on any atom is -0.492 e. The fraction of sp³-hybridized carbons (Fsp3) is 0.519. The molecule has 0 fully saturated rings. The number of rotatable bonds is 6. The number of hydrogen-bond donors (Lipinski definition) is 0. The summed E-state index contributed by atoms with van der Waals surface area (Å²) in [5.74, 6) is 4.23. The van der Waals surface area contributed by atoms with Crippen LogP contribution in [0.1, 0.15) is 47.2 Å². The molecule has 0 spiro atoms. The molecule has 0 saturated carbocycles. The van der Waals surface area contributed by atoms with E-state index in [0.717, 1.165) is 48.2 Å². The maximum Gasteiger partial charge on any atom is 0.231 e. The molecule has 2 aromatic rings. The number of carbonyl (C=O) groups is 1. The predicted molar refractivity (Wildman–Crippen MR) is 131 cm³/mol. The predicted octanol–water partition coefficient (Wildman–Crippen LogP) is 3.27. The van der Waals surface area contributed by atoms with E-state index in [-0.39, 0.29) is 31.5 Å². The quantitative estimate of drug-likeness (QED) is 0.599. The molecule has 2 aromatic carbocycles. The number of hydrogen-bond acceptors (Lipinski definition) is 9. The molecule has 4 aliphatic heterocycles. The van der Waals surface area contributed by atoms with Crippen LogP contribution in [0.4, 0.5) is 0 Å². The molecular formula is C27H32N2O7. The minimum atomic E-state index is -0.0993. The van der Waals surface area contributed by atoms with E-state index in [9.17, 15) is 4.79 Å². The first kappa shape index (κ1) is 23.2. The van der Waals surface area contributed by atoms with E-state index in [1.54, 1.807) is 14.2 Å². The average molecular weight is 497 g/mol. The van der Waals surface area contributed by atoms with Gasteiger partial charge in [-0.3, -0.25) is 14.6 Å². The fourth-order valence-corrected chi connectivity index (χ4v) is 6.08. The first-order valence-corrected chi connectivity index (χ1v) is 12.4. The number of likely N-dealkylation sites (N-methyl/N-ethyl adjacent to an activating group) is 2. The fourth-order valence-electron chi connectivity index (χ4n) is 6.08. The molecule has 0 radical (unpaired) electrons. The second-order valence-electron chi connectivity index (χ2n) is 9.87. The number of fused-ring (bicyclic) bond motifs is 4. The van der Waals surface area contributed by atoms with Crippen LogP contribution in [0.25, 0.3) is 0 Å². The van der Waals surface area contributed by atoms with Gasteiger partial charge in [0.1, 0.15) is 5.78 Å². The lowest BCUT2D eigenvalue weighted by atomic mass is 9.85. The Kier molecular flexibility index (Phi) is 5.84. The largest absolute Gasteiger partial charge is 0.492 e. The van der Waals surface area contributed by atoms with Crippen molar-refractivity contribution in [3.05, 3.63) is 34.4 Å². The van der Waals surface area contributed by atoms with Gasteiger partial charge in [0, 0.05) is 49.1 Å². The molecule has 0 N–H and O–H groups in total. The maximum absolute atomic E-state index is 13.7. The maximum atomic E-state index is 13.7. The summed E-state index contributed by atoms with van der Waals surface area (Å²) >= 11 is 0. The van der Waals surface area contributed by atoms with Crippen LogP contribution in [-0.4, -0.2) is 70.6 Å². The minimum absolute atomic E-state index is 0.0993. The summed E-state index contributed by atoms with van der Waals surface area (Å²) in [6, 6.07) is 3.89. The van der Waals surface area contributed by atoms with Gasteiger partial charge in [-0.25, -0.2) is 0 Å². The molecule has 2 atom stereocenters. The number of ether oxygens (including phenoxy) is 6. The highest BCUT2D eigenvalue weighted by molar-refractivity contribution is 5.81. The van der Waals surface area contributed by atoms with Crippen LogP contribution < -0.4 is 28.4 Å². The Bertz CT molecular complexity index is 1120. The van der Waals surface area contributed by atoms with Gasteiger partial charge in [-0.2, -0.15) is 0 Å². The van der Waals surface area contributed by atoms with Gasteiger partial charge in [-0.05, 0) is 50.2 Å². The molecule has 0 amide bonds. The summed E-state index contributed by atoms with van der Waals surface area (Å²) in [5, 5.41) is 0. The van der Waals surface area contributed by atoms with E-state index in [1.165, 1.54) is 0 Å². The van der Waals surface area contributed by atoms with E-state index in [1.807, 2.05) is 12.1 Å². The lowest BCUT2D eigenvalue weighted by molar-refractivity contribution is -0.121. The van der Waals surface area contributed by atoms with Gasteiger partial charge in [0.05, 0.1) is 14.2 Å². The highest BCUT2D eigenvalue weighted by atomic mass is 16.7. The summed E-state index contributed by atoms with van der Waals surface area (Å²) in [7, 11) is 7.43. The molecule has 9 heteroatoms. The Morgan fingerprint density at radius 1 is 0.806 bits per heavy atom. The summed E-state index contributed by atoms with van der Waals surface area (Å²) in [5.41, 5.74) is 4.37. The second kappa shape index (κ2) is 9.05. The van der Waals surface area contributed by atoms with Crippen LogP contribution in [-0.2, 0) is 17.6 Å². The Morgan fingerprint density at radius 2 is 1.25 bits per heavy atom. The van der Waals surface area contributed by atoms with Crippen molar-refractivity contribution in [1.82, 2.24) is 9.80 Å². The lowest BCUT2D eigenvalue weighted by Crippen LogP contribution is -2.36. The van der Waals surface area contributed by atoms with E-state index >= 15 is 0 Å². The number of methoxy groups -OCH3 is 2. The van der Waals surface area contributed by atoms with Gasteiger partial charge in [-0.1, -0.05) is 0 Å². The molecule has 6 rings (SSSR count). The van der Waals surface area contributed by atoms with Gasteiger partial charge in [-0.15, -0.1) is 0 Å². The standard InChI is InChI=1S/C27H32N2O7/c1-28-7-5-15-9-20-24(35-13-33-20)26(31-3)22(15)18(28)11-17(30)12-19-23-16(6-8-29(19)2)10-21-25(27(23)32-4)36-14-34-21/h9-10,18-19H,5-8,11-14H2,1-4H3/t18-,19-/m1/s1. The van der Waals surface area contributed by atoms with Crippen molar-refractivity contribution in [3.63, 3.8) is 0 Å². The molecule has 4 heterocycles. The van der Waals surface area contributed by atoms with Crippen LogP contribution in [0, 0.1) is 0 Å². The van der Waals surface area contributed by atoms with Gasteiger partial charge in [0.15, 0.2) is 23.0 Å². The third-order valence-corrected chi connectivity index (χ3v) is 7.94. The first-order chi connectivity index (χ1) is 17.5. The molecule has 0 unspecified atom stereocenters. The molecule has 0 aromatic heterocycles. The Morgan fingerprint density at radius 3 is 1.67 bits per heavy atom. The zero-order valence-electron chi connectivity index (χ0n) is 21.2. The normalized spacial score (nSPS) is 22.2. The zero-order valence-corrected chi connectivity index (χ0v) is 21.2. The van der Waals surface area contributed by atoms with E-state index in [0.29, 0.717) is 47.3 Å². The van der Waals surface area contributed by atoms with Crippen molar-refractivity contribution < 1.29 is 33.2 Å². The molecule has 0 saturated heterocycles. The molecular weight excluding hydrogens is 464 g/mol. The van der Waals surface area contributed by atoms with Gasteiger partial charge in [0.25, 0.3) is 0 Å². The molecule has 9 nitrogen and oxygen atoms in total.